The van der Waals surface area contributed by atoms with Crippen LogP contribution in [0, 0.1) is 0 Å². The number of carbonyl (C=O) groups excluding carboxylic acids is 1. The Morgan fingerprint density at radius 1 is 0.806 bits per heavy atom. The maximum atomic E-state index is 12.1. The Balaban J connectivity index is 1.70. The van der Waals surface area contributed by atoms with Gasteiger partial charge in [-0.05, 0) is 47.5 Å². The highest BCUT2D eigenvalue weighted by molar-refractivity contribution is 6.04. The topological polar surface area (TPSA) is 48.0 Å². The van der Waals surface area contributed by atoms with Crippen LogP contribution in [-0.2, 0) is 14.3 Å². The van der Waals surface area contributed by atoms with Crippen molar-refractivity contribution in [1.82, 2.24) is 0 Å². The van der Waals surface area contributed by atoms with Crippen LogP contribution in [0.3, 0.4) is 0 Å². The third-order valence-corrected chi connectivity index (χ3v) is 4.26. The van der Waals surface area contributed by atoms with Crippen LogP contribution < -0.4 is 9.64 Å². The number of allylic oxidation sites excluding steroid dienone is 2. The Bertz CT molecular complexity index is 830. The van der Waals surface area contributed by atoms with Crippen molar-refractivity contribution in [3.05, 3.63) is 71.8 Å². The second kappa shape index (κ2) is 14.1. The first-order valence-corrected chi connectivity index (χ1v) is 10.2. The van der Waals surface area contributed by atoms with Gasteiger partial charge in [0, 0.05) is 19.8 Å². The van der Waals surface area contributed by atoms with E-state index in [0.717, 1.165) is 22.6 Å². The van der Waals surface area contributed by atoms with Crippen molar-refractivity contribution in [3.8, 4) is 5.75 Å². The molecule has 0 saturated heterocycles. The molecule has 0 amide bonds. The first-order chi connectivity index (χ1) is 15.1. The first-order valence-electron chi connectivity index (χ1n) is 10.2. The van der Waals surface area contributed by atoms with Gasteiger partial charge in [0.25, 0.3) is 0 Å². The minimum atomic E-state index is -0.481. The smallest absolute Gasteiger partial charge is 0.178 e. The Kier molecular flexibility index (Phi) is 11.1. The van der Waals surface area contributed by atoms with Gasteiger partial charge in [-0.3, -0.25) is 4.79 Å². The van der Waals surface area contributed by atoms with E-state index in [1.807, 2.05) is 67.5 Å². The van der Waals surface area contributed by atoms with Gasteiger partial charge in [0.15, 0.2) is 5.78 Å². The molecule has 2 aromatic rings. The summed E-state index contributed by atoms with van der Waals surface area (Å²) < 4.78 is 27.7. The number of carbonyl (C=O) groups is 1. The molecule has 0 unspecified atom stereocenters. The van der Waals surface area contributed by atoms with E-state index >= 15 is 0 Å². The van der Waals surface area contributed by atoms with E-state index in [1.165, 1.54) is 0 Å². The third-order valence-electron chi connectivity index (χ3n) is 4.26. The van der Waals surface area contributed by atoms with E-state index in [4.69, 9.17) is 14.2 Å². The molecule has 166 valence electrons. The maximum absolute atomic E-state index is 12.1. The predicted molar refractivity (Wildman–Crippen MR) is 123 cm³/mol. The molecule has 6 heteroatoms. The summed E-state index contributed by atoms with van der Waals surface area (Å²) in [4.78, 5) is 14.1. The van der Waals surface area contributed by atoms with Crippen molar-refractivity contribution < 1.29 is 23.4 Å². The summed E-state index contributed by atoms with van der Waals surface area (Å²) in [6, 6.07) is 15.4. The molecular formula is C25H30FNO4. The minimum absolute atomic E-state index is 0.0790. The first kappa shape index (κ1) is 24.3. The van der Waals surface area contributed by atoms with Crippen LogP contribution in [0.4, 0.5) is 10.1 Å². The summed E-state index contributed by atoms with van der Waals surface area (Å²) in [5.41, 5.74) is 3.00. The number of rotatable bonds is 14. The van der Waals surface area contributed by atoms with Gasteiger partial charge in [-0.15, -0.1) is 0 Å². The van der Waals surface area contributed by atoms with Crippen LogP contribution in [-0.4, -0.2) is 59.6 Å². The number of hydrogen-bond acceptors (Lipinski definition) is 5. The summed E-state index contributed by atoms with van der Waals surface area (Å²) in [7, 11) is 3.98. The Labute approximate surface area is 183 Å². The summed E-state index contributed by atoms with van der Waals surface area (Å²) >= 11 is 0. The van der Waals surface area contributed by atoms with E-state index in [2.05, 4.69) is 0 Å². The quantitative estimate of drug-likeness (QED) is 0.330. The van der Waals surface area contributed by atoms with E-state index in [9.17, 15) is 9.18 Å². The molecule has 0 heterocycles. The molecule has 0 bridgehead atoms. The summed E-state index contributed by atoms with van der Waals surface area (Å²) in [6.45, 7) is 1.26. The van der Waals surface area contributed by atoms with Crippen LogP contribution in [0.5, 0.6) is 5.75 Å². The molecule has 0 N–H and O–H groups in total. The molecule has 0 atom stereocenters. The number of halogens is 1. The molecule has 0 spiro atoms. The van der Waals surface area contributed by atoms with Gasteiger partial charge in [0.05, 0.1) is 26.4 Å². The molecule has 31 heavy (non-hydrogen) atoms. The average Bonchev–Trinajstić information content (AvgIpc) is 2.79. The standard InChI is InChI=1S/C25H30FNO4/c1-27(2)23-9-3-21(4-10-23)5-11-24(28)12-6-22-7-13-25(14-8-22)31-20-19-30-18-17-29-16-15-26/h3-14H,15-20H2,1-2H3/b11-5+,12-6+/i26-1. The van der Waals surface area contributed by atoms with Crippen LogP contribution in [0.2, 0.25) is 0 Å². The lowest BCUT2D eigenvalue weighted by Crippen LogP contribution is -2.11. The molecule has 0 aliphatic carbocycles. The fourth-order valence-electron chi connectivity index (χ4n) is 2.57. The van der Waals surface area contributed by atoms with Gasteiger partial charge in [-0.1, -0.05) is 36.4 Å². The Hall–Kier alpha value is -2.96. The molecule has 0 aliphatic heterocycles. The van der Waals surface area contributed by atoms with Gasteiger partial charge >= 0.3 is 0 Å². The third kappa shape index (κ3) is 10.1. The average molecular weight is 427 g/mol. The number of ketones is 1. The SMILES string of the molecule is CN(C)c1ccc(/C=C/C(=O)/C=C/c2ccc(OCCOCCOCC[18F])cc2)cc1. The predicted octanol–water partition coefficient (Wildman–Crippen LogP) is 4.43. The lowest BCUT2D eigenvalue weighted by Gasteiger charge is -2.11. The van der Waals surface area contributed by atoms with E-state index in [0.29, 0.717) is 26.4 Å². The zero-order valence-corrected chi connectivity index (χ0v) is 18.1. The van der Waals surface area contributed by atoms with Crippen molar-refractivity contribution in [1.29, 1.82) is 0 Å². The fourth-order valence-corrected chi connectivity index (χ4v) is 2.57. The molecule has 5 nitrogen and oxygen atoms in total. The van der Waals surface area contributed by atoms with E-state index < -0.39 is 6.67 Å². The van der Waals surface area contributed by atoms with Crippen molar-refractivity contribution >= 4 is 23.6 Å². The van der Waals surface area contributed by atoms with Crippen molar-refractivity contribution in [3.63, 3.8) is 0 Å². The number of benzene rings is 2. The molecule has 2 aromatic carbocycles. The number of nitrogens with zero attached hydrogens (tertiary/aromatic N) is 1. The van der Waals surface area contributed by atoms with Gasteiger partial charge in [0.2, 0.25) is 0 Å². The van der Waals surface area contributed by atoms with Gasteiger partial charge < -0.3 is 19.1 Å². The van der Waals surface area contributed by atoms with Gasteiger partial charge in [-0.2, -0.15) is 0 Å². The van der Waals surface area contributed by atoms with Crippen LogP contribution in [0.25, 0.3) is 12.2 Å². The largest absolute Gasteiger partial charge is 0.491 e. The van der Waals surface area contributed by atoms with Gasteiger partial charge in [0.1, 0.15) is 19.0 Å². The normalized spacial score (nSPS) is 11.3. The van der Waals surface area contributed by atoms with Crippen molar-refractivity contribution in [2.75, 3.05) is 58.7 Å². The monoisotopic (exact) mass is 426 g/mol. The Morgan fingerprint density at radius 2 is 1.32 bits per heavy atom. The molecular weight excluding hydrogens is 396 g/mol. The number of hydrogen-bond donors (Lipinski definition) is 0. The molecule has 0 saturated carbocycles. The molecule has 0 radical (unpaired) electrons. The Morgan fingerprint density at radius 3 is 1.87 bits per heavy atom. The number of ether oxygens (including phenoxy) is 3. The highest BCUT2D eigenvalue weighted by Crippen LogP contribution is 2.14. The summed E-state index contributed by atoms with van der Waals surface area (Å²) in [5.74, 6) is 0.645. The van der Waals surface area contributed by atoms with Crippen LogP contribution >= 0.6 is 0 Å². The second-order valence-corrected chi connectivity index (χ2v) is 6.89. The fraction of sp³-hybridized carbons (Fsp3) is 0.320. The van der Waals surface area contributed by atoms with Crippen LogP contribution in [0.15, 0.2) is 60.7 Å². The summed E-state index contributed by atoms with van der Waals surface area (Å²) in [5, 5.41) is 0. The van der Waals surface area contributed by atoms with Crippen molar-refractivity contribution in [2.45, 2.75) is 0 Å². The number of anilines is 1. The van der Waals surface area contributed by atoms with Gasteiger partial charge in [-0.25, -0.2) is 4.39 Å². The zero-order chi connectivity index (χ0) is 22.3. The zero-order valence-electron chi connectivity index (χ0n) is 18.1. The molecule has 2 rings (SSSR count). The highest BCUT2D eigenvalue weighted by atomic mass is 18.2. The highest BCUT2D eigenvalue weighted by Gasteiger charge is 1.97. The lowest BCUT2D eigenvalue weighted by molar-refractivity contribution is -0.110. The van der Waals surface area contributed by atoms with Crippen LogP contribution in [0.1, 0.15) is 11.1 Å². The van der Waals surface area contributed by atoms with E-state index in [1.54, 1.807) is 24.3 Å². The number of alkyl halides is 1. The molecule has 0 aliphatic rings. The van der Waals surface area contributed by atoms with Crippen molar-refractivity contribution in [2.24, 2.45) is 0 Å². The minimum Gasteiger partial charge on any atom is -0.491 e. The summed E-state index contributed by atoms with van der Waals surface area (Å²) in [6.07, 6.45) is 6.67. The van der Waals surface area contributed by atoms with E-state index in [-0.39, 0.29) is 12.4 Å². The maximum Gasteiger partial charge on any atom is 0.178 e. The lowest BCUT2D eigenvalue weighted by atomic mass is 10.1. The molecule has 0 aromatic heterocycles. The molecule has 0 fully saturated rings. The second-order valence-electron chi connectivity index (χ2n) is 6.89.